The highest BCUT2D eigenvalue weighted by molar-refractivity contribution is 7.26. The van der Waals surface area contributed by atoms with E-state index in [1.54, 1.807) is 0 Å². The summed E-state index contributed by atoms with van der Waals surface area (Å²) in [4.78, 5) is 7.11. The maximum atomic E-state index is 6.54. The van der Waals surface area contributed by atoms with Gasteiger partial charge in [-0.25, -0.2) is 4.98 Å². The summed E-state index contributed by atoms with van der Waals surface area (Å²) in [7, 11) is 0. The number of fused-ring (bicyclic) bond motifs is 8. The second-order valence-electron chi connectivity index (χ2n) is 13.5. The average Bonchev–Trinajstić information content (AvgIpc) is 3.95. The molecule has 5 heteroatoms. The molecule has 11 aromatic rings. The Morgan fingerprint density at radius 2 is 1.09 bits per heavy atom. The molecular weight excluding hydrogens is 681 g/mol. The molecule has 11 rings (SSSR count). The number of nitrogens with zero attached hydrogens (tertiary/aromatic N) is 2. The molecule has 4 nitrogen and oxygen atoms in total. The summed E-state index contributed by atoms with van der Waals surface area (Å²) in [6.45, 7) is 0. The van der Waals surface area contributed by atoms with Gasteiger partial charge < -0.3 is 13.7 Å². The van der Waals surface area contributed by atoms with Gasteiger partial charge in [-0.15, -0.1) is 11.3 Å². The number of aromatic nitrogens is 1. The number of furan rings is 1. The lowest BCUT2D eigenvalue weighted by molar-refractivity contribution is 0.622. The minimum Gasteiger partial charge on any atom is -0.456 e. The van der Waals surface area contributed by atoms with E-state index in [4.69, 9.17) is 13.8 Å². The van der Waals surface area contributed by atoms with Gasteiger partial charge in [0.2, 0.25) is 5.89 Å². The summed E-state index contributed by atoms with van der Waals surface area (Å²) in [5.74, 6) is 0.598. The predicted octanol–water partition coefficient (Wildman–Crippen LogP) is 14.6. The van der Waals surface area contributed by atoms with Crippen LogP contribution in [-0.2, 0) is 0 Å². The molecule has 0 aliphatic rings. The number of hydrogen-bond donors (Lipinski definition) is 0. The van der Waals surface area contributed by atoms with Crippen LogP contribution in [0.15, 0.2) is 191 Å². The molecule has 0 N–H and O–H groups in total. The number of anilines is 3. The van der Waals surface area contributed by atoms with Crippen molar-refractivity contribution in [3.8, 4) is 33.7 Å². The molecule has 0 saturated carbocycles. The van der Waals surface area contributed by atoms with Crippen molar-refractivity contribution >= 4 is 81.6 Å². The Kier molecular flexibility index (Phi) is 7.00. The molecule has 0 atom stereocenters. The van der Waals surface area contributed by atoms with Crippen molar-refractivity contribution in [2.24, 2.45) is 0 Å². The average molecular weight is 711 g/mol. The molecule has 8 aromatic carbocycles. The van der Waals surface area contributed by atoms with Crippen molar-refractivity contribution in [1.29, 1.82) is 0 Å². The van der Waals surface area contributed by atoms with E-state index in [9.17, 15) is 0 Å². The Balaban J connectivity index is 1.03. The lowest BCUT2D eigenvalue weighted by atomic mass is 10.0. The molecule has 3 aromatic heterocycles. The monoisotopic (exact) mass is 710 g/mol. The van der Waals surface area contributed by atoms with Crippen molar-refractivity contribution in [2.75, 3.05) is 4.90 Å². The Bertz CT molecular complexity index is 3140. The lowest BCUT2D eigenvalue weighted by Crippen LogP contribution is -2.09. The number of thiophene rings is 1. The van der Waals surface area contributed by atoms with Crippen LogP contribution in [0.5, 0.6) is 0 Å². The number of oxazole rings is 1. The first kappa shape index (κ1) is 30.7. The van der Waals surface area contributed by atoms with Crippen molar-refractivity contribution in [3.05, 3.63) is 182 Å². The minimum absolute atomic E-state index is 0.598. The first-order chi connectivity index (χ1) is 26.7. The molecule has 3 heterocycles. The van der Waals surface area contributed by atoms with E-state index in [2.05, 4.69) is 138 Å². The van der Waals surface area contributed by atoms with Crippen LogP contribution < -0.4 is 4.90 Å². The van der Waals surface area contributed by atoms with Crippen molar-refractivity contribution in [1.82, 2.24) is 4.98 Å². The van der Waals surface area contributed by atoms with E-state index in [-0.39, 0.29) is 0 Å². The Morgan fingerprint density at radius 1 is 0.444 bits per heavy atom. The van der Waals surface area contributed by atoms with Gasteiger partial charge in [-0.3, -0.25) is 0 Å². The molecule has 254 valence electrons. The van der Waals surface area contributed by atoms with E-state index in [1.165, 1.54) is 42.4 Å². The quantitative estimate of drug-likeness (QED) is 0.172. The lowest BCUT2D eigenvalue weighted by Gasteiger charge is -2.26. The van der Waals surface area contributed by atoms with Crippen LogP contribution in [0.4, 0.5) is 17.1 Å². The van der Waals surface area contributed by atoms with Gasteiger partial charge in [-0.2, -0.15) is 0 Å². The second kappa shape index (κ2) is 12.3. The van der Waals surface area contributed by atoms with Crippen LogP contribution in [0.25, 0.3) is 86.9 Å². The van der Waals surface area contributed by atoms with Crippen LogP contribution in [-0.4, -0.2) is 4.98 Å². The van der Waals surface area contributed by atoms with Gasteiger partial charge in [0.15, 0.2) is 5.58 Å². The molecule has 0 spiro atoms. The minimum atomic E-state index is 0.598. The molecule has 0 unspecified atom stereocenters. The molecule has 0 bridgehead atoms. The topological polar surface area (TPSA) is 42.4 Å². The molecule has 0 aliphatic carbocycles. The van der Waals surface area contributed by atoms with Crippen LogP contribution in [0.2, 0.25) is 0 Å². The number of hydrogen-bond acceptors (Lipinski definition) is 5. The third kappa shape index (κ3) is 5.01. The van der Waals surface area contributed by atoms with Gasteiger partial charge >= 0.3 is 0 Å². The van der Waals surface area contributed by atoms with Gasteiger partial charge in [0.25, 0.3) is 0 Å². The zero-order valence-corrected chi connectivity index (χ0v) is 29.8. The smallest absolute Gasteiger partial charge is 0.227 e. The van der Waals surface area contributed by atoms with E-state index >= 15 is 0 Å². The molecule has 54 heavy (non-hydrogen) atoms. The molecule has 0 amide bonds. The predicted molar refractivity (Wildman–Crippen MR) is 225 cm³/mol. The summed E-state index contributed by atoms with van der Waals surface area (Å²) in [6, 6.07) is 63.9. The van der Waals surface area contributed by atoms with E-state index in [0.717, 1.165) is 55.7 Å². The third-order valence-corrected chi connectivity index (χ3v) is 11.5. The zero-order valence-electron chi connectivity index (χ0n) is 28.9. The summed E-state index contributed by atoms with van der Waals surface area (Å²) in [5.41, 5.74) is 11.9. The first-order valence-electron chi connectivity index (χ1n) is 18.0. The van der Waals surface area contributed by atoms with Gasteiger partial charge in [0.05, 0.1) is 5.39 Å². The van der Waals surface area contributed by atoms with E-state index < -0.39 is 0 Å². The number of rotatable bonds is 6. The number of benzene rings is 8. The standard InChI is InChI=1S/C49H30N2O2S/c1-3-10-31(11-4-1)32-18-22-35(23-19-32)51(36-24-20-33(21-25-36)38-15-9-16-40-39-14-7-8-17-45(39)54-48(38)40)37-26-27-41-44(30-37)52-43-29-28-42-47(46(41)43)53-49(50-42)34-12-5-2-6-13-34/h1-30H. The maximum absolute atomic E-state index is 6.54. The zero-order chi connectivity index (χ0) is 35.6. The second-order valence-corrected chi connectivity index (χ2v) is 14.6. The summed E-state index contributed by atoms with van der Waals surface area (Å²) in [5, 5.41) is 4.53. The van der Waals surface area contributed by atoms with Crippen LogP contribution in [0, 0.1) is 0 Å². The van der Waals surface area contributed by atoms with Crippen molar-refractivity contribution in [2.45, 2.75) is 0 Å². The van der Waals surface area contributed by atoms with Gasteiger partial charge in [0, 0.05) is 54.3 Å². The van der Waals surface area contributed by atoms with Gasteiger partial charge in [0.1, 0.15) is 16.7 Å². The van der Waals surface area contributed by atoms with Crippen molar-refractivity contribution in [3.63, 3.8) is 0 Å². The molecular formula is C49H30N2O2S. The molecule has 0 saturated heterocycles. The highest BCUT2D eigenvalue weighted by Crippen LogP contribution is 2.43. The fourth-order valence-electron chi connectivity index (χ4n) is 7.72. The molecule has 0 fully saturated rings. The van der Waals surface area contributed by atoms with Crippen molar-refractivity contribution < 1.29 is 8.83 Å². The molecule has 0 radical (unpaired) electrons. The highest BCUT2D eigenvalue weighted by atomic mass is 32.1. The van der Waals surface area contributed by atoms with Gasteiger partial charge in [-0.1, -0.05) is 109 Å². The largest absolute Gasteiger partial charge is 0.456 e. The van der Waals surface area contributed by atoms with E-state index in [1.807, 2.05) is 59.9 Å². The Morgan fingerprint density at radius 3 is 1.87 bits per heavy atom. The molecule has 0 aliphatic heterocycles. The third-order valence-electron chi connectivity index (χ3n) is 10.3. The fraction of sp³-hybridized carbons (Fsp3) is 0. The van der Waals surface area contributed by atoms with E-state index in [0.29, 0.717) is 5.89 Å². The summed E-state index contributed by atoms with van der Waals surface area (Å²) < 4.78 is 15.6. The fourth-order valence-corrected chi connectivity index (χ4v) is 8.96. The summed E-state index contributed by atoms with van der Waals surface area (Å²) >= 11 is 1.86. The van der Waals surface area contributed by atoms with Crippen LogP contribution in [0.1, 0.15) is 0 Å². The first-order valence-corrected chi connectivity index (χ1v) is 18.8. The Labute approximate surface area is 314 Å². The SMILES string of the molecule is c1ccc(-c2ccc(N(c3ccc(-c4cccc5c4sc4ccccc45)cc3)c3ccc4c(c3)oc3ccc5nc(-c6ccccc6)oc5c34)cc2)cc1. The highest BCUT2D eigenvalue weighted by Gasteiger charge is 2.20. The van der Waals surface area contributed by atoms with Crippen LogP contribution >= 0.6 is 11.3 Å². The normalized spacial score (nSPS) is 11.7. The summed E-state index contributed by atoms with van der Waals surface area (Å²) in [6.07, 6.45) is 0. The maximum Gasteiger partial charge on any atom is 0.227 e. The Hall–Kier alpha value is -6.95. The van der Waals surface area contributed by atoms with Gasteiger partial charge in [-0.05, 0) is 89.0 Å². The van der Waals surface area contributed by atoms with Crippen LogP contribution in [0.3, 0.4) is 0 Å².